The van der Waals surface area contributed by atoms with Crippen LogP contribution in [0.2, 0.25) is 0 Å². The maximum Gasteiger partial charge on any atom is 0.261 e. The highest BCUT2D eigenvalue weighted by Gasteiger charge is 2.11. The smallest absolute Gasteiger partial charge is 0.261 e. The van der Waals surface area contributed by atoms with Gasteiger partial charge in [0.15, 0.2) is 5.13 Å². The van der Waals surface area contributed by atoms with E-state index in [9.17, 15) is 9.59 Å². The van der Waals surface area contributed by atoms with E-state index in [1.807, 2.05) is 41.8 Å². The molecule has 1 amide bonds. The van der Waals surface area contributed by atoms with Crippen LogP contribution < -0.4 is 10.9 Å². The maximum atomic E-state index is 12.6. The molecule has 2 aromatic heterocycles. The first-order valence-corrected chi connectivity index (χ1v) is 10.9. The molecule has 7 heteroatoms. The number of anilines is 1. The topological polar surface area (TPSA) is 76.9 Å². The second kappa shape index (κ2) is 8.56. The largest absolute Gasteiger partial charge is 0.300 e. The summed E-state index contributed by atoms with van der Waals surface area (Å²) in [5, 5.41) is 5.64. The van der Waals surface area contributed by atoms with Gasteiger partial charge in [-0.15, -0.1) is 11.3 Å². The highest BCUT2D eigenvalue weighted by atomic mass is 32.1. The monoisotopic (exact) mass is 438 g/mol. The number of thiazole rings is 1. The first kappa shape index (κ1) is 19.8. The Morgan fingerprint density at radius 1 is 0.875 bits per heavy atom. The lowest BCUT2D eigenvalue weighted by Gasteiger charge is -2.06. The molecule has 0 radical (unpaired) electrons. The number of amides is 1. The maximum absolute atomic E-state index is 12.6. The summed E-state index contributed by atoms with van der Waals surface area (Å²) >= 11 is 1.34. The fraction of sp³-hybridized carbons (Fsp3) is 0.0400. The molecule has 156 valence electrons. The first-order valence-electron chi connectivity index (χ1n) is 10.0. The summed E-state index contributed by atoms with van der Waals surface area (Å²) in [7, 11) is 0. The molecule has 0 fully saturated rings. The molecule has 32 heavy (non-hydrogen) atoms. The van der Waals surface area contributed by atoms with Gasteiger partial charge in [0.05, 0.1) is 22.9 Å². The van der Waals surface area contributed by atoms with Gasteiger partial charge in [-0.1, -0.05) is 66.7 Å². The molecule has 5 rings (SSSR count). The minimum atomic E-state index is -0.329. The molecular formula is C25H18N4O2S. The second-order valence-electron chi connectivity index (χ2n) is 7.22. The van der Waals surface area contributed by atoms with E-state index in [4.69, 9.17) is 0 Å². The van der Waals surface area contributed by atoms with Gasteiger partial charge >= 0.3 is 0 Å². The number of aromatic nitrogens is 3. The molecule has 2 heterocycles. The molecule has 0 aliphatic carbocycles. The van der Waals surface area contributed by atoms with Crippen LogP contribution in [0.1, 0.15) is 0 Å². The van der Waals surface area contributed by atoms with Gasteiger partial charge in [-0.3, -0.25) is 14.2 Å². The van der Waals surface area contributed by atoms with Gasteiger partial charge in [0.1, 0.15) is 6.54 Å². The summed E-state index contributed by atoms with van der Waals surface area (Å²) in [6.07, 6.45) is 1.39. The van der Waals surface area contributed by atoms with Crippen molar-refractivity contribution in [2.45, 2.75) is 6.54 Å². The SMILES string of the molecule is O=C(Cn1cnc2ccccc2c1=O)Nc1nc(-c2ccc(-c3ccccc3)cc2)cs1. The highest BCUT2D eigenvalue weighted by molar-refractivity contribution is 7.14. The lowest BCUT2D eigenvalue weighted by atomic mass is 10.0. The first-order chi connectivity index (χ1) is 15.7. The number of carbonyl (C=O) groups is 1. The van der Waals surface area contributed by atoms with Crippen LogP contribution in [0.25, 0.3) is 33.3 Å². The third-order valence-electron chi connectivity index (χ3n) is 5.08. The van der Waals surface area contributed by atoms with Gasteiger partial charge in [0.2, 0.25) is 5.91 Å². The molecule has 0 aliphatic heterocycles. The number of hydrogen-bond donors (Lipinski definition) is 1. The van der Waals surface area contributed by atoms with Gasteiger partial charge < -0.3 is 5.32 Å². The number of fused-ring (bicyclic) bond motifs is 1. The molecule has 0 saturated carbocycles. The quantitative estimate of drug-likeness (QED) is 0.427. The van der Waals surface area contributed by atoms with E-state index < -0.39 is 0 Å². The predicted octanol–water partition coefficient (Wildman–Crippen LogP) is 4.83. The van der Waals surface area contributed by atoms with E-state index in [0.717, 1.165) is 22.4 Å². The van der Waals surface area contributed by atoms with Gasteiger partial charge in [-0.05, 0) is 23.3 Å². The molecule has 0 aliphatic rings. The van der Waals surface area contributed by atoms with Crippen LogP contribution in [0.15, 0.2) is 95.4 Å². The number of para-hydroxylation sites is 1. The Morgan fingerprint density at radius 2 is 1.56 bits per heavy atom. The number of hydrogen-bond acceptors (Lipinski definition) is 5. The average molecular weight is 439 g/mol. The Balaban J connectivity index is 1.29. The van der Waals surface area contributed by atoms with Crippen LogP contribution in [-0.2, 0) is 11.3 Å². The fourth-order valence-electron chi connectivity index (χ4n) is 3.46. The third kappa shape index (κ3) is 4.06. The molecule has 6 nitrogen and oxygen atoms in total. The Morgan fingerprint density at radius 3 is 2.38 bits per heavy atom. The summed E-state index contributed by atoms with van der Waals surface area (Å²) in [5.74, 6) is -0.329. The molecule has 1 N–H and O–H groups in total. The normalized spacial score (nSPS) is 10.9. The zero-order valence-electron chi connectivity index (χ0n) is 16.9. The number of carbonyl (C=O) groups excluding carboxylic acids is 1. The molecule has 0 spiro atoms. The molecule has 0 bridgehead atoms. The zero-order chi connectivity index (χ0) is 21.9. The summed E-state index contributed by atoms with van der Waals surface area (Å²) in [6.45, 7) is -0.128. The molecule has 0 unspecified atom stereocenters. The van der Waals surface area contributed by atoms with Crippen molar-refractivity contribution in [3.05, 3.63) is 101 Å². The lowest BCUT2D eigenvalue weighted by molar-refractivity contribution is -0.116. The van der Waals surface area contributed by atoms with E-state index in [-0.39, 0.29) is 18.0 Å². The van der Waals surface area contributed by atoms with Gasteiger partial charge in [0, 0.05) is 10.9 Å². The van der Waals surface area contributed by atoms with Crippen molar-refractivity contribution in [2.75, 3.05) is 5.32 Å². The number of rotatable bonds is 5. The van der Waals surface area contributed by atoms with Gasteiger partial charge in [-0.2, -0.15) is 0 Å². The van der Waals surface area contributed by atoms with Crippen LogP contribution in [0.4, 0.5) is 5.13 Å². The molecule has 0 atom stereocenters. The minimum absolute atomic E-state index is 0.128. The van der Waals surface area contributed by atoms with Crippen molar-refractivity contribution >= 4 is 33.3 Å². The molecule has 5 aromatic rings. The van der Waals surface area contributed by atoms with E-state index in [1.165, 1.54) is 22.2 Å². The standard InChI is InChI=1S/C25H18N4O2S/c30-23(14-29-16-26-21-9-5-4-8-20(21)24(29)31)28-25-27-22(15-32-25)19-12-10-18(11-13-19)17-6-2-1-3-7-17/h1-13,15-16H,14H2,(H,27,28,30). The highest BCUT2D eigenvalue weighted by Crippen LogP contribution is 2.27. The van der Waals surface area contributed by atoms with E-state index in [0.29, 0.717) is 16.0 Å². The average Bonchev–Trinajstić information content (AvgIpc) is 3.30. The Kier molecular flexibility index (Phi) is 5.31. The van der Waals surface area contributed by atoms with Gasteiger partial charge in [0.25, 0.3) is 5.56 Å². The molecule has 0 saturated heterocycles. The van der Waals surface area contributed by atoms with Crippen molar-refractivity contribution in [1.82, 2.24) is 14.5 Å². The second-order valence-corrected chi connectivity index (χ2v) is 8.08. The van der Waals surface area contributed by atoms with Crippen LogP contribution in [0.3, 0.4) is 0 Å². The van der Waals surface area contributed by atoms with E-state index in [1.54, 1.807) is 18.2 Å². The fourth-order valence-corrected chi connectivity index (χ4v) is 4.20. The van der Waals surface area contributed by atoms with Crippen LogP contribution in [-0.4, -0.2) is 20.4 Å². The summed E-state index contributed by atoms with van der Waals surface area (Å²) < 4.78 is 1.30. The Bertz CT molecular complexity index is 1460. The molecule has 3 aromatic carbocycles. The van der Waals surface area contributed by atoms with Crippen molar-refractivity contribution in [2.24, 2.45) is 0 Å². The Hall–Kier alpha value is -4.10. The van der Waals surface area contributed by atoms with Gasteiger partial charge in [-0.25, -0.2) is 9.97 Å². The summed E-state index contributed by atoms with van der Waals surface area (Å²) in [6, 6.07) is 25.4. The third-order valence-corrected chi connectivity index (χ3v) is 5.84. The van der Waals surface area contributed by atoms with E-state index >= 15 is 0 Å². The van der Waals surface area contributed by atoms with Crippen LogP contribution in [0, 0.1) is 0 Å². The number of nitrogens with zero attached hydrogens (tertiary/aromatic N) is 3. The number of nitrogens with one attached hydrogen (secondary N) is 1. The molecular weight excluding hydrogens is 420 g/mol. The minimum Gasteiger partial charge on any atom is -0.300 e. The summed E-state index contributed by atoms with van der Waals surface area (Å²) in [5.41, 5.74) is 4.41. The van der Waals surface area contributed by atoms with Crippen molar-refractivity contribution in [3.8, 4) is 22.4 Å². The van der Waals surface area contributed by atoms with Crippen LogP contribution in [0.5, 0.6) is 0 Å². The number of benzene rings is 3. The lowest BCUT2D eigenvalue weighted by Crippen LogP contribution is -2.27. The van der Waals surface area contributed by atoms with Crippen LogP contribution >= 0.6 is 11.3 Å². The predicted molar refractivity (Wildman–Crippen MR) is 128 cm³/mol. The van der Waals surface area contributed by atoms with Crippen molar-refractivity contribution in [1.29, 1.82) is 0 Å². The summed E-state index contributed by atoms with van der Waals surface area (Å²) in [4.78, 5) is 33.8. The Labute approximate surface area is 187 Å². The van der Waals surface area contributed by atoms with Crippen molar-refractivity contribution in [3.63, 3.8) is 0 Å². The van der Waals surface area contributed by atoms with E-state index in [2.05, 4.69) is 39.6 Å². The van der Waals surface area contributed by atoms with Crippen molar-refractivity contribution < 1.29 is 4.79 Å². The zero-order valence-corrected chi connectivity index (χ0v) is 17.8.